The Hall–Kier alpha value is -2.14. The molecule has 0 aliphatic rings. The molecule has 0 atom stereocenters. The van der Waals surface area contributed by atoms with E-state index in [1.807, 2.05) is 6.07 Å². The zero-order chi connectivity index (χ0) is 13.8. The molecule has 1 aromatic carbocycles. The molecule has 6 heteroatoms. The standard InChI is InChI=1S/C13H11ClN2O3/c14-9-6-8-2-1-5-15-13(8)10(7-9)16-11(17)3-4-12(18)19/h1-2,5-7H,3-4H2,(H,16,17)(H,18,19). The van der Waals surface area contributed by atoms with E-state index in [9.17, 15) is 9.59 Å². The van der Waals surface area contributed by atoms with E-state index in [1.54, 1.807) is 24.4 Å². The molecule has 0 spiro atoms. The van der Waals surface area contributed by atoms with Crippen LogP contribution >= 0.6 is 11.6 Å². The molecule has 0 fully saturated rings. The quantitative estimate of drug-likeness (QED) is 0.901. The number of amides is 1. The second-order valence-corrected chi connectivity index (χ2v) is 4.41. The Labute approximate surface area is 114 Å². The zero-order valence-electron chi connectivity index (χ0n) is 9.89. The van der Waals surface area contributed by atoms with Gasteiger partial charge in [-0.15, -0.1) is 0 Å². The topological polar surface area (TPSA) is 79.3 Å². The molecule has 5 nitrogen and oxygen atoms in total. The van der Waals surface area contributed by atoms with Crippen LogP contribution in [0, 0.1) is 0 Å². The Morgan fingerprint density at radius 3 is 2.84 bits per heavy atom. The van der Waals surface area contributed by atoms with Crippen LogP contribution in [0.25, 0.3) is 10.9 Å². The lowest BCUT2D eigenvalue weighted by molar-refractivity contribution is -0.138. The molecule has 98 valence electrons. The van der Waals surface area contributed by atoms with Gasteiger partial charge < -0.3 is 10.4 Å². The molecule has 2 rings (SSSR count). The van der Waals surface area contributed by atoms with Crippen molar-refractivity contribution in [3.63, 3.8) is 0 Å². The second kappa shape index (κ2) is 5.67. The van der Waals surface area contributed by atoms with Gasteiger partial charge in [-0.3, -0.25) is 14.6 Å². The van der Waals surface area contributed by atoms with Gasteiger partial charge in [0.05, 0.1) is 17.6 Å². The van der Waals surface area contributed by atoms with E-state index in [-0.39, 0.29) is 18.7 Å². The van der Waals surface area contributed by atoms with Crippen molar-refractivity contribution < 1.29 is 14.7 Å². The van der Waals surface area contributed by atoms with Gasteiger partial charge in [-0.05, 0) is 18.2 Å². The third-order valence-corrected chi connectivity index (χ3v) is 2.73. The minimum atomic E-state index is -1.01. The lowest BCUT2D eigenvalue weighted by Gasteiger charge is -2.08. The fourth-order valence-electron chi connectivity index (χ4n) is 1.68. The van der Waals surface area contributed by atoms with Crippen molar-refractivity contribution >= 4 is 40.1 Å². The van der Waals surface area contributed by atoms with Crippen molar-refractivity contribution in [3.05, 3.63) is 35.5 Å². The number of aliphatic carboxylic acids is 1. The number of hydrogen-bond donors (Lipinski definition) is 2. The highest BCUT2D eigenvalue weighted by Gasteiger charge is 2.09. The highest BCUT2D eigenvalue weighted by atomic mass is 35.5. The van der Waals surface area contributed by atoms with Crippen LogP contribution < -0.4 is 5.32 Å². The molecule has 0 bridgehead atoms. The number of pyridine rings is 1. The van der Waals surface area contributed by atoms with E-state index in [2.05, 4.69) is 10.3 Å². The maximum absolute atomic E-state index is 11.6. The minimum absolute atomic E-state index is 0.0871. The normalized spacial score (nSPS) is 10.4. The molecule has 0 saturated carbocycles. The summed E-state index contributed by atoms with van der Waals surface area (Å²) in [5, 5.41) is 12.5. The number of hydrogen-bond acceptors (Lipinski definition) is 3. The van der Waals surface area contributed by atoms with Crippen molar-refractivity contribution in [3.8, 4) is 0 Å². The van der Waals surface area contributed by atoms with Gasteiger partial charge in [-0.2, -0.15) is 0 Å². The van der Waals surface area contributed by atoms with Gasteiger partial charge in [-0.25, -0.2) is 0 Å². The average molecular weight is 279 g/mol. The highest BCUT2D eigenvalue weighted by molar-refractivity contribution is 6.32. The smallest absolute Gasteiger partial charge is 0.303 e. The van der Waals surface area contributed by atoms with Crippen molar-refractivity contribution in [2.24, 2.45) is 0 Å². The van der Waals surface area contributed by atoms with Crippen molar-refractivity contribution in [1.82, 2.24) is 4.98 Å². The van der Waals surface area contributed by atoms with Crippen LogP contribution in [0.15, 0.2) is 30.5 Å². The number of carboxylic acid groups (broad SMARTS) is 1. The molecule has 0 aliphatic carbocycles. The number of benzene rings is 1. The van der Waals surface area contributed by atoms with Gasteiger partial charge in [0.25, 0.3) is 0 Å². The Kier molecular flexibility index (Phi) is 3.97. The van der Waals surface area contributed by atoms with Crippen molar-refractivity contribution in [2.75, 3.05) is 5.32 Å². The van der Waals surface area contributed by atoms with Crippen LogP contribution in [0.2, 0.25) is 5.02 Å². The number of carbonyl (C=O) groups excluding carboxylic acids is 1. The third-order valence-electron chi connectivity index (χ3n) is 2.51. The van der Waals surface area contributed by atoms with Gasteiger partial charge in [0.2, 0.25) is 5.91 Å². The summed E-state index contributed by atoms with van der Waals surface area (Å²) in [5.41, 5.74) is 1.11. The Morgan fingerprint density at radius 1 is 1.32 bits per heavy atom. The maximum Gasteiger partial charge on any atom is 0.303 e. The summed E-state index contributed by atoms with van der Waals surface area (Å²) in [6.07, 6.45) is 1.32. The number of halogens is 1. The van der Waals surface area contributed by atoms with Gasteiger partial charge in [0, 0.05) is 23.0 Å². The minimum Gasteiger partial charge on any atom is -0.481 e. The SMILES string of the molecule is O=C(O)CCC(=O)Nc1cc(Cl)cc2cccnc12. The summed E-state index contributed by atoms with van der Waals surface area (Å²) >= 11 is 5.96. The lowest BCUT2D eigenvalue weighted by Crippen LogP contribution is -2.13. The molecule has 0 radical (unpaired) electrons. The molecule has 19 heavy (non-hydrogen) atoms. The lowest BCUT2D eigenvalue weighted by atomic mass is 10.2. The molecule has 0 saturated heterocycles. The second-order valence-electron chi connectivity index (χ2n) is 3.97. The number of nitrogens with one attached hydrogen (secondary N) is 1. The largest absolute Gasteiger partial charge is 0.481 e. The molecular weight excluding hydrogens is 268 g/mol. The van der Waals surface area contributed by atoms with Gasteiger partial charge in [-0.1, -0.05) is 17.7 Å². The number of aromatic nitrogens is 1. The van der Waals surface area contributed by atoms with Crippen LogP contribution in [0.5, 0.6) is 0 Å². The summed E-state index contributed by atoms with van der Waals surface area (Å²) in [6.45, 7) is 0. The van der Waals surface area contributed by atoms with Gasteiger partial charge in [0.15, 0.2) is 0 Å². The Morgan fingerprint density at radius 2 is 2.11 bits per heavy atom. The third kappa shape index (κ3) is 3.42. The summed E-state index contributed by atoms with van der Waals surface area (Å²) in [7, 11) is 0. The van der Waals surface area contributed by atoms with Gasteiger partial charge >= 0.3 is 5.97 Å². The fourth-order valence-corrected chi connectivity index (χ4v) is 1.91. The molecule has 1 aromatic heterocycles. The Bertz CT molecular complexity index is 643. The molecule has 2 N–H and O–H groups in total. The molecule has 2 aromatic rings. The van der Waals surface area contributed by atoms with E-state index < -0.39 is 5.97 Å². The van der Waals surface area contributed by atoms with Crippen LogP contribution in [-0.2, 0) is 9.59 Å². The van der Waals surface area contributed by atoms with E-state index in [4.69, 9.17) is 16.7 Å². The molecular formula is C13H11ClN2O3. The first-order valence-corrected chi connectivity index (χ1v) is 6.00. The molecule has 1 heterocycles. The predicted molar refractivity (Wildman–Crippen MR) is 72.3 cm³/mol. The van der Waals surface area contributed by atoms with Gasteiger partial charge in [0.1, 0.15) is 0 Å². The van der Waals surface area contributed by atoms with Crippen LogP contribution in [0.3, 0.4) is 0 Å². The van der Waals surface area contributed by atoms with Crippen LogP contribution in [0.1, 0.15) is 12.8 Å². The summed E-state index contributed by atoms with van der Waals surface area (Å²) in [6, 6.07) is 6.95. The molecule has 1 amide bonds. The number of carboxylic acids is 1. The molecule has 0 unspecified atom stereocenters. The van der Waals surface area contributed by atoms with E-state index >= 15 is 0 Å². The number of rotatable bonds is 4. The van der Waals surface area contributed by atoms with E-state index in [1.165, 1.54) is 0 Å². The van der Waals surface area contributed by atoms with Crippen molar-refractivity contribution in [2.45, 2.75) is 12.8 Å². The number of carbonyl (C=O) groups is 2. The molecule has 0 aliphatic heterocycles. The summed E-state index contributed by atoms with van der Waals surface area (Å²) in [4.78, 5) is 26.2. The fraction of sp³-hybridized carbons (Fsp3) is 0.154. The first kappa shape index (κ1) is 13.3. The van der Waals surface area contributed by atoms with Crippen molar-refractivity contribution in [1.29, 1.82) is 0 Å². The number of fused-ring (bicyclic) bond motifs is 1. The van der Waals surface area contributed by atoms with E-state index in [0.717, 1.165) is 5.39 Å². The predicted octanol–water partition coefficient (Wildman–Crippen LogP) is 2.69. The summed E-state index contributed by atoms with van der Waals surface area (Å²) < 4.78 is 0. The first-order chi connectivity index (χ1) is 9.06. The first-order valence-electron chi connectivity index (χ1n) is 5.62. The zero-order valence-corrected chi connectivity index (χ0v) is 10.6. The average Bonchev–Trinajstić information content (AvgIpc) is 2.36. The van der Waals surface area contributed by atoms with Crippen LogP contribution in [-0.4, -0.2) is 22.0 Å². The Balaban J connectivity index is 2.24. The van der Waals surface area contributed by atoms with E-state index in [0.29, 0.717) is 16.2 Å². The number of nitrogens with zero attached hydrogens (tertiary/aromatic N) is 1. The number of anilines is 1. The summed E-state index contributed by atoms with van der Waals surface area (Å²) in [5.74, 6) is -1.39. The monoisotopic (exact) mass is 278 g/mol. The highest BCUT2D eigenvalue weighted by Crippen LogP contribution is 2.26. The van der Waals surface area contributed by atoms with Crippen LogP contribution in [0.4, 0.5) is 5.69 Å². The maximum atomic E-state index is 11.6.